The molecule has 0 radical (unpaired) electrons. The third kappa shape index (κ3) is 1.34. The maximum atomic E-state index is 11.7. The van der Waals surface area contributed by atoms with Crippen LogP contribution >= 0.6 is 0 Å². The fourth-order valence-corrected chi connectivity index (χ4v) is 2.30. The lowest BCUT2D eigenvalue weighted by molar-refractivity contribution is 0.0945. The normalized spacial score (nSPS) is 20.1. The van der Waals surface area contributed by atoms with E-state index in [0.717, 1.165) is 56.0 Å². The molecule has 2 N–H and O–H groups in total. The van der Waals surface area contributed by atoms with Gasteiger partial charge in [0.15, 0.2) is 0 Å². The van der Waals surface area contributed by atoms with E-state index in [9.17, 15) is 4.79 Å². The number of hydrogen-bond donors (Lipinski definition) is 2. The summed E-state index contributed by atoms with van der Waals surface area (Å²) < 4.78 is 2.00. The van der Waals surface area contributed by atoms with Gasteiger partial charge >= 0.3 is 0 Å². The van der Waals surface area contributed by atoms with E-state index in [0.29, 0.717) is 0 Å². The minimum atomic E-state index is 0.0428. The third-order valence-corrected chi connectivity index (χ3v) is 3.02. The molecular weight excluding hydrogens is 192 g/mol. The van der Waals surface area contributed by atoms with Crippen molar-refractivity contribution >= 4 is 5.91 Å². The number of amides is 1. The number of carbonyl (C=O) groups excluding carboxylic acids is 1. The van der Waals surface area contributed by atoms with Crippen LogP contribution in [0.15, 0.2) is 0 Å². The third-order valence-electron chi connectivity index (χ3n) is 3.02. The van der Waals surface area contributed by atoms with Crippen molar-refractivity contribution in [1.29, 1.82) is 0 Å². The molecule has 2 aliphatic rings. The van der Waals surface area contributed by atoms with Crippen LogP contribution in [-0.4, -0.2) is 28.8 Å². The van der Waals surface area contributed by atoms with Crippen LogP contribution in [0.4, 0.5) is 0 Å². The van der Waals surface area contributed by atoms with Crippen LogP contribution in [-0.2, 0) is 19.5 Å². The highest BCUT2D eigenvalue weighted by molar-refractivity contribution is 5.97. The van der Waals surface area contributed by atoms with Gasteiger partial charge in [-0.15, -0.1) is 0 Å². The maximum absolute atomic E-state index is 11.7. The quantitative estimate of drug-likeness (QED) is 0.610. The molecule has 0 fully saturated rings. The van der Waals surface area contributed by atoms with Gasteiger partial charge in [-0.1, -0.05) is 0 Å². The first kappa shape index (κ1) is 8.91. The maximum Gasteiger partial charge on any atom is 0.255 e. The molecule has 1 aromatic heterocycles. The highest BCUT2D eigenvalue weighted by Crippen LogP contribution is 2.19. The molecule has 15 heavy (non-hydrogen) atoms. The summed E-state index contributed by atoms with van der Waals surface area (Å²) in [7, 11) is 0. The van der Waals surface area contributed by atoms with Crippen molar-refractivity contribution in [2.45, 2.75) is 25.9 Å². The van der Waals surface area contributed by atoms with Crippen molar-refractivity contribution in [3.05, 3.63) is 17.0 Å². The number of carbonyl (C=O) groups is 1. The van der Waals surface area contributed by atoms with Gasteiger partial charge in [-0.25, -0.2) is 0 Å². The molecule has 0 atom stereocenters. The topological polar surface area (TPSA) is 59.0 Å². The monoisotopic (exact) mass is 206 g/mol. The largest absolute Gasteiger partial charge is 0.352 e. The summed E-state index contributed by atoms with van der Waals surface area (Å²) in [4.78, 5) is 11.7. The predicted octanol–water partition coefficient (Wildman–Crippen LogP) is -0.338. The van der Waals surface area contributed by atoms with E-state index < -0.39 is 0 Å². The summed E-state index contributed by atoms with van der Waals surface area (Å²) in [6.07, 6.45) is 1.94. The molecule has 1 aromatic rings. The average molecular weight is 206 g/mol. The van der Waals surface area contributed by atoms with Gasteiger partial charge in [0.1, 0.15) is 0 Å². The molecule has 80 valence electrons. The summed E-state index contributed by atoms with van der Waals surface area (Å²) in [5.41, 5.74) is 2.84. The first-order valence-corrected chi connectivity index (χ1v) is 5.44. The fraction of sp³-hybridized carbons (Fsp3) is 0.600. The van der Waals surface area contributed by atoms with Crippen molar-refractivity contribution in [3.63, 3.8) is 0 Å². The number of fused-ring (bicyclic) bond motifs is 3. The van der Waals surface area contributed by atoms with Gasteiger partial charge in [0.05, 0.1) is 17.0 Å². The second-order valence-corrected chi connectivity index (χ2v) is 4.03. The minimum Gasteiger partial charge on any atom is -0.352 e. The molecular formula is C10H14N4O. The number of nitrogens with zero attached hydrogens (tertiary/aromatic N) is 2. The average Bonchev–Trinajstić information content (AvgIpc) is 2.43. The summed E-state index contributed by atoms with van der Waals surface area (Å²) in [5.74, 6) is 0.0428. The Labute approximate surface area is 87.8 Å². The van der Waals surface area contributed by atoms with E-state index in [1.54, 1.807) is 0 Å². The van der Waals surface area contributed by atoms with Gasteiger partial charge in [0.2, 0.25) is 0 Å². The second-order valence-electron chi connectivity index (χ2n) is 4.03. The van der Waals surface area contributed by atoms with Gasteiger partial charge in [-0.05, 0) is 13.0 Å². The summed E-state index contributed by atoms with van der Waals surface area (Å²) in [6.45, 7) is 3.40. The first-order valence-electron chi connectivity index (χ1n) is 5.44. The molecule has 3 heterocycles. The molecule has 0 bridgehead atoms. The van der Waals surface area contributed by atoms with Crippen molar-refractivity contribution < 1.29 is 4.79 Å². The Morgan fingerprint density at radius 1 is 1.33 bits per heavy atom. The van der Waals surface area contributed by atoms with E-state index in [4.69, 9.17) is 0 Å². The molecule has 0 saturated heterocycles. The van der Waals surface area contributed by atoms with E-state index in [2.05, 4.69) is 15.7 Å². The van der Waals surface area contributed by atoms with Crippen LogP contribution in [0.3, 0.4) is 0 Å². The van der Waals surface area contributed by atoms with Crippen molar-refractivity contribution in [3.8, 4) is 0 Å². The van der Waals surface area contributed by atoms with Crippen LogP contribution in [0.25, 0.3) is 0 Å². The molecule has 0 unspecified atom stereocenters. The summed E-state index contributed by atoms with van der Waals surface area (Å²) in [5, 5.41) is 10.7. The number of aromatic nitrogens is 2. The zero-order valence-electron chi connectivity index (χ0n) is 8.55. The number of aryl methyl sites for hydroxylation is 1. The van der Waals surface area contributed by atoms with E-state index in [1.807, 2.05) is 4.68 Å². The van der Waals surface area contributed by atoms with Crippen LogP contribution in [0.5, 0.6) is 0 Å². The molecule has 1 amide bonds. The highest BCUT2D eigenvalue weighted by Gasteiger charge is 2.26. The lowest BCUT2D eigenvalue weighted by atomic mass is 10.1. The first-order chi connectivity index (χ1) is 7.36. The molecule has 3 rings (SSSR count). The number of hydrogen-bond acceptors (Lipinski definition) is 3. The number of rotatable bonds is 0. The Hall–Kier alpha value is -1.36. The minimum absolute atomic E-state index is 0.0428. The molecule has 5 heteroatoms. The van der Waals surface area contributed by atoms with Crippen LogP contribution in [0, 0.1) is 0 Å². The van der Waals surface area contributed by atoms with Crippen molar-refractivity contribution in [2.75, 3.05) is 13.1 Å². The van der Waals surface area contributed by atoms with Crippen LogP contribution in [0.2, 0.25) is 0 Å². The molecule has 0 spiro atoms. The van der Waals surface area contributed by atoms with Gasteiger partial charge in [-0.2, -0.15) is 5.10 Å². The molecule has 2 aliphatic heterocycles. The summed E-state index contributed by atoms with van der Waals surface area (Å²) in [6, 6.07) is 0. The fourth-order valence-electron chi connectivity index (χ4n) is 2.30. The Kier molecular flexibility index (Phi) is 1.98. The van der Waals surface area contributed by atoms with Gasteiger partial charge in [0.25, 0.3) is 5.91 Å². The summed E-state index contributed by atoms with van der Waals surface area (Å²) >= 11 is 0. The van der Waals surface area contributed by atoms with E-state index in [1.165, 1.54) is 0 Å². The highest BCUT2D eigenvalue weighted by atomic mass is 16.1. The van der Waals surface area contributed by atoms with Gasteiger partial charge in [0, 0.05) is 26.1 Å². The number of nitrogens with one attached hydrogen (secondary N) is 2. The Balaban J connectivity index is 2.11. The molecule has 0 aromatic carbocycles. The Bertz CT molecular complexity index is 410. The van der Waals surface area contributed by atoms with Crippen LogP contribution in [0.1, 0.15) is 28.2 Å². The Morgan fingerprint density at radius 2 is 2.27 bits per heavy atom. The zero-order valence-corrected chi connectivity index (χ0v) is 8.55. The van der Waals surface area contributed by atoms with Crippen LogP contribution < -0.4 is 10.6 Å². The lowest BCUT2D eigenvalue weighted by Gasteiger charge is -2.12. The smallest absolute Gasteiger partial charge is 0.255 e. The molecule has 5 nitrogen and oxygen atoms in total. The predicted molar refractivity (Wildman–Crippen MR) is 54.6 cm³/mol. The SMILES string of the molecule is O=C1NCCc2nn3c(c21)CNCCC3. The van der Waals surface area contributed by atoms with Gasteiger partial charge in [-0.3, -0.25) is 9.48 Å². The van der Waals surface area contributed by atoms with Crippen molar-refractivity contribution in [1.82, 2.24) is 20.4 Å². The molecule has 0 aliphatic carbocycles. The molecule has 0 saturated carbocycles. The second kappa shape index (κ2) is 3.34. The standard InChI is InChI=1S/C10H14N4O/c15-10-9-7(2-4-12-10)13-14-5-1-3-11-6-8(9)14/h11H,1-6H2,(H,12,15). The lowest BCUT2D eigenvalue weighted by Crippen LogP contribution is -2.32. The van der Waals surface area contributed by atoms with E-state index in [-0.39, 0.29) is 5.91 Å². The van der Waals surface area contributed by atoms with Crippen molar-refractivity contribution in [2.24, 2.45) is 0 Å². The van der Waals surface area contributed by atoms with E-state index >= 15 is 0 Å². The Morgan fingerprint density at radius 3 is 3.20 bits per heavy atom. The zero-order chi connectivity index (χ0) is 10.3. The van der Waals surface area contributed by atoms with Gasteiger partial charge < -0.3 is 10.6 Å².